The molecule has 0 aromatic rings. The van der Waals surface area contributed by atoms with Crippen LogP contribution in [-0.2, 0) is 0 Å². The normalized spacial score (nSPS) is 21.3. The zero-order chi connectivity index (χ0) is 11.1. The monoisotopic (exact) mass is 205 g/mol. The Balaban J connectivity index is 0.000000531. The lowest BCUT2D eigenvalue weighted by Crippen LogP contribution is -2.24. The van der Waals surface area contributed by atoms with Crippen LogP contribution in [0.4, 0.5) is 0 Å². The van der Waals surface area contributed by atoms with Crippen molar-refractivity contribution in [3.05, 3.63) is 35.5 Å². The first kappa shape index (κ1) is 12.3. The summed E-state index contributed by atoms with van der Waals surface area (Å²) in [6.07, 6.45) is 12.8. The summed E-state index contributed by atoms with van der Waals surface area (Å²) < 4.78 is 0. The maximum Gasteiger partial charge on any atom is 0.0166 e. The Morgan fingerprint density at radius 2 is 1.93 bits per heavy atom. The summed E-state index contributed by atoms with van der Waals surface area (Å²) in [7, 11) is 2.18. The zero-order valence-electron chi connectivity index (χ0n) is 10.3. The molecule has 2 aliphatic rings. The highest BCUT2D eigenvalue weighted by atomic mass is 15.1. The number of rotatable bonds is 1. The van der Waals surface area contributed by atoms with E-state index in [1.54, 1.807) is 11.1 Å². The van der Waals surface area contributed by atoms with Gasteiger partial charge in [0.15, 0.2) is 0 Å². The van der Waals surface area contributed by atoms with Crippen LogP contribution in [0.5, 0.6) is 0 Å². The molecule has 0 fully saturated rings. The highest BCUT2D eigenvalue weighted by Gasteiger charge is 2.11. The molecule has 0 amide bonds. The maximum absolute atomic E-state index is 2.38. The Morgan fingerprint density at radius 3 is 2.47 bits per heavy atom. The zero-order valence-corrected chi connectivity index (χ0v) is 10.3. The van der Waals surface area contributed by atoms with Gasteiger partial charge in [0.25, 0.3) is 0 Å². The quantitative estimate of drug-likeness (QED) is 0.633. The molecule has 0 bridgehead atoms. The molecule has 0 atom stereocenters. The van der Waals surface area contributed by atoms with Crippen LogP contribution in [0.15, 0.2) is 35.5 Å². The largest absolute Gasteiger partial charge is 0.302 e. The van der Waals surface area contributed by atoms with Crippen molar-refractivity contribution >= 4 is 0 Å². The van der Waals surface area contributed by atoms with Gasteiger partial charge in [0.05, 0.1) is 0 Å². The predicted molar refractivity (Wildman–Crippen MR) is 68.0 cm³/mol. The van der Waals surface area contributed by atoms with Crippen molar-refractivity contribution in [3.8, 4) is 0 Å². The number of hydrogen-bond acceptors (Lipinski definition) is 1. The summed E-state index contributed by atoms with van der Waals surface area (Å²) in [5.74, 6) is 0. The van der Waals surface area contributed by atoms with Crippen molar-refractivity contribution in [2.24, 2.45) is 0 Å². The fourth-order valence-electron chi connectivity index (χ4n) is 1.93. The molecule has 0 unspecified atom stereocenters. The molecule has 2 rings (SSSR count). The molecule has 0 aromatic heterocycles. The van der Waals surface area contributed by atoms with E-state index >= 15 is 0 Å². The summed E-state index contributed by atoms with van der Waals surface area (Å²) in [6.45, 7) is 6.34. The van der Waals surface area contributed by atoms with Gasteiger partial charge in [-0.2, -0.15) is 0 Å². The van der Waals surface area contributed by atoms with Crippen LogP contribution in [0.1, 0.15) is 33.1 Å². The highest BCUT2D eigenvalue weighted by Crippen LogP contribution is 2.24. The molecule has 1 heteroatoms. The molecule has 0 saturated carbocycles. The third-order valence-electron chi connectivity index (χ3n) is 2.84. The van der Waals surface area contributed by atoms with Crippen molar-refractivity contribution in [1.82, 2.24) is 4.90 Å². The predicted octanol–water partition coefficient (Wildman–Crippen LogP) is 3.55. The Kier molecular flexibility index (Phi) is 5.41. The standard InChI is InChI=1S/C12H17N.C2H6/c1-13-9-7-12(8-10-13)11-5-3-2-4-6-11;1-2/h2-3,5,7H,4,6,8-10H2,1H3;1-2H3. The van der Waals surface area contributed by atoms with Crippen LogP contribution in [0, 0.1) is 0 Å². The average molecular weight is 205 g/mol. The van der Waals surface area contributed by atoms with Crippen LogP contribution in [0.25, 0.3) is 0 Å². The first-order chi connectivity index (χ1) is 7.36. The summed E-state index contributed by atoms with van der Waals surface area (Å²) in [4.78, 5) is 2.36. The summed E-state index contributed by atoms with van der Waals surface area (Å²) in [6, 6.07) is 0. The van der Waals surface area contributed by atoms with Gasteiger partial charge in [-0.3, -0.25) is 0 Å². The average Bonchev–Trinajstić information content (AvgIpc) is 2.34. The minimum atomic E-state index is 1.12. The van der Waals surface area contributed by atoms with Gasteiger partial charge in [-0.05, 0) is 37.5 Å². The van der Waals surface area contributed by atoms with Crippen molar-refractivity contribution in [2.45, 2.75) is 33.1 Å². The lowest BCUT2D eigenvalue weighted by Gasteiger charge is -2.24. The van der Waals surface area contributed by atoms with E-state index in [0.29, 0.717) is 0 Å². The summed E-state index contributed by atoms with van der Waals surface area (Å²) in [5, 5.41) is 0. The van der Waals surface area contributed by atoms with Gasteiger partial charge in [0.2, 0.25) is 0 Å². The first-order valence-corrected chi connectivity index (χ1v) is 6.10. The topological polar surface area (TPSA) is 3.24 Å². The fourth-order valence-corrected chi connectivity index (χ4v) is 1.93. The highest BCUT2D eigenvalue weighted by molar-refractivity contribution is 5.37. The second-order valence-electron chi connectivity index (χ2n) is 3.90. The molecule has 1 aliphatic heterocycles. The summed E-state index contributed by atoms with van der Waals surface area (Å²) in [5.41, 5.74) is 3.15. The molecule has 15 heavy (non-hydrogen) atoms. The van der Waals surface area contributed by atoms with E-state index in [1.165, 1.54) is 25.8 Å². The molecule has 1 heterocycles. The lowest BCUT2D eigenvalue weighted by molar-refractivity contribution is 0.360. The van der Waals surface area contributed by atoms with E-state index in [9.17, 15) is 0 Å². The van der Waals surface area contributed by atoms with Crippen LogP contribution >= 0.6 is 0 Å². The van der Waals surface area contributed by atoms with Crippen molar-refractivity contribution in [2.75, 3.05) is 20.1 Å². The molecule has 0 aromatic carbocycles. The maximum atomic E-state index is 2.38. The van der Waals surface area contributed by atoms with E-state index in [-0.39, 0.29) is 0 Å². The van der Waals surface area contributed by atoms with Gasteiger partial charge in [-0.25, -0.2) is 0 Å². The summed E-state index contributed by atoms with van der Waals surface area (Å²) >= 11 is 0. The number of allylic oxidation sites excluding steroid dienone is 4. The molecule has 84 valence electrons. The fraction of sp³-hybridized carbons (Fsp3) is 0.571. The van der Waals surface area contributed by atoms with Crippen molar-refractivity contribution in [3.63, 3.8) is 0 Å². The second-order valence-corrected chi connectivity index (χ2v) is 3.90. The smallest absolute Gasteiger partial charge is 0.0166 e. The van der Waals surface area contributed by atoms with Gasteiger partial charge in [0, 0.05) is 13.1 Å². The third-order valence-corrected chi connectivity index (χ3v) is 2.84. The van der Waals surface area contributed by atoms with E-state index in [2.05, 4.69) is 36.3 Å². The third kappa shape index (κ3) is 3.67. The van der Waals surface area contributed by atoms with Crippen LogP contribution in [-0.4, -0.2) is 25.0 Å². The Bertz CT molecular complexity index is 271. The molecule has 0 N–H and O–H groups in total. The minimum absolute atomic E-state index is 1.12. The molecule has 0 radical (unpaired) electrons. The SMILES string of the molecule is CC.CN1CC=C(C2=CC=CCC2)CC1. The van der Waals surface area contributed by atoms with E-state index in [1.807, 2.05) is 13.8 Å². The van der Waals surface area contributed by atoms with Gasteiger partial charge < -0.3 is 4.90 Å². The number of nitrogens with zero attached hydrogens (tertiary/aromatic N) is 1. The van der Waals surface area contributed by atoms with Crippen LogP contribution in [0.3, 0.4) is 0 Å². The number of likely N-dealkylation sites (N-methyl/N-ethyl adjacent to an activating group) is 1. The minimum Gasteiger partial charge on any atom is -0.302 e. The molecule has 1 aliphatic carbocycles. The van der Waals surface area contributed by atoms with Crippen LogP contribution < -0.4 is 0 Å². The number of hydrogen-bond donors (Lipinski definition) is 0. The Hall–Kier alpha value is -0.820. The van der Waals surface area contributed by atoms with E-state index in [4.69, 9.17) is 0 Å². The molecule has 0 spiro atoms. The van der Waals surface area contributed by atoms with E-state index in [0.717, 1.165) is 6.54 Å². The van der Waals surface area contributed by atoms with Crippen LogP contribution in [0.2, 0.25) is 0 Å². The molecular formula is C14H23N. The van der Waals surface area contributed by atoms with Gasteiger partial charge >= 0.3 is 0 Å². The van der Waals surface area contributed by atoms with Gasteiger partial charge in [0.1, 0.15) is 0 Å². The van der Waals surface area contributed by atoms with E-state index < -0.39 is 0 Å². The van der Waals surface area contributed by atoms with Crippen molar-refractivity contribution < 1.29 is 0 Å². The first-order valence-electron chi connectivity index (χ1n) is 6.10. The Morgan fingerprint density at radius 1 is 1.13 bits per heavy atom. The van der Waals surface area contributed by atoms with Gasteiger partial charge in [-0.1, -0.05) is 38.2 Å². The Labute approximate surface area is 94.2 Å². The van der Waals surface area contributed by atoms with Crippen molar-refractivity contribution in [1.29, 1.82) is 0 Å². The van der Waals surface area contributed by atoms with Gasteiger partial charge in [-0.15, -0.1) is 0 Å². The lowest BCUT2D eigenvalue weighted by atomic mass is 9.93. The molecular weight excluding hydrogens is 182 g/mol. The second kappa shape index (κ2) is 6.62. The molecule has 1 nitrogen and oxygen atoms in total. The molecule has 0 saturated heterocycles.